The van der Waals surface area contributed by atoms with Gasteiger partial charge in [-0.2, -0.15) is 0 Å². The number of rotatable bonds is 7. The third kappa shape index (κ3) is 6.07. The Labute approximate surface area is 275 Å². The number of hydrogen-bond acceptors (Lipinski definition) is 1. The molecule has 2 heterocycles. The molecule has 0 bridgehead atoms. The van der Waals surface area contributed by atoms with Gasteiger partial charge in [0.2, 0.25) is 0 Å². The van der Waals surface area contributed by atoms with Gasteiger partial charge in [0.1, 0.15) is 0 Å². The van der Waals surface area contributed by atoms with Crippen LogP contribution in [0, 0.1) is 6.92 Å². The molecular weight excluding hydrogens is 590 g/mol. The molecule has 5 heteroatoms. The number of halogens is 2. The molecule has 45 heavy (non-hydrogen) atoms. The van der Waals surface area contributed by atoms with Crippen molar-refractivity contribution in [2.75, 3.05) is 0 Å². The molecule has 0 atom stereocenters. The first-order valence-electron chi connectivity index (χ1n) is 15.3. The predicted octanol–water partition coefficient (Wildman–Crippen LogP) is 9.47. The molecule has 0 fully saturated rings. The average Bonchev–Trinajstić information content (AvgIpc) is 3.73. The number of aliphatic imine (C=N–C) groups is 1. The monoisotopic (exact) mass is 620 g/mol. The average molecular weight is 621 g/mol. The lowest BCUT2D eigenvalue weighted by Crippen LogP contribution is -2.49. The van der Waals surface area contributed by atoms with E-state index in [-0.39, 0.29) is 6.85 Å². The van der Waals surface area contributed by atoms with Crippen LogP contribution in [0.3, 0.4) is 0 Å². The zero-order valence-corrected chi connectivity index (χ0v) is 26.5. The molecule has 7 rings (SSSR count). The predicted molar refractivity (Wildman–Crippen MR) is 193 cm³/mol. The standard InChI is InChI=1S/C40H31BCl2N2/c1-28-12-14-31(15-13-28)40(37-25-24-36(44-37)29-16-20-34(42)21-17-29)39-27-26-38(30-18-22-35(43)23-19-30)45(39)41(32-8-4-2-5-9-32)33-10-6-3-7-11-33/h2-23,26-27H,24-25H2,1H3/b40-37-. The van der Waals surface area contributed by atoms with E-state index in [0.717, 1.165) is 67.9 Å². The van der Waals surface area contributed by atoms with Crippen molar-refractivity contribution in [2.24, 2.45) is 4.99 Å². The van der Waals surface area contributed by atoms with Crippen LogP contribution < -0.4 is 10.9 Å². The summed E-state index contributed by atoms with van der Waals surface area (Å²) < 4.78 is 2.49. The molecule has 5 aromatic carbocycles. The molecule has 218 valence electrons. The van der Waals surface area contributed by atoms with Gasteiger partial charge in [0.25, 0.3) is 0 Å². The Kier molecular flexibility index (Phi) is 8.30. The van der Waals surface area contributed by atoms with E-state index >= 15 is 0 Å². The summed E-state index contributed by atoms with van der Waals surface area (Å²) in [6, 6.07) is 51.0. The highest BCUT2D eigenvalue weighted by molar-refractivity contribution is 6.84. The van der Waals surface area contributed by atoms with Crippen LogP contribution in [0.2, 0.25) is 10.0 Å². The van der Waals surface area contributed by atoms with Crippen molar-refractivity contribution in [3.05, 3.63) is 184 Å². The highest BCUT2D eigenvalue weighted by Gasteiger charge is 2.30. The van der Waals surface area contributed by atoms with E-state index in [1.54, 1.807) is 0 Å². The van der Waals surface area contributed by atoms with Gasteiger partial charge >= 0.3 is 6.85 Å². The molecule has 0 N–H and O–H groups in total. The Hall–Kier alpha value is -4.57. The highest BCUT2D eigenvalue weighted by atomic mass is 35.5. The Bertz CT molecular complexity index is 1950. The van der Waals surface area contributed by atoms with Crippen LogP contribution in [0.25, 0.3) is 16.8 Å². The van der Waals surface area contributed by atoms with Crippen molar-refractivity contribution in [1.82, 2.24) is 4.48 Å². The molecule has 0 spiro atoms. The quantitative estimate of drug-likeness (QED) is 0.158. The van der Waals surface area contributed by atoms with E-state index < -0.39 is 0 Å². The van der Waals surface area contributed by atoms with E-state index in [1.165, 1.54) is 16.5 Å². The summed E-state index contributed by atoms with van der Waals surface area (Å²) in [4.78, 5) is 5.33. The summed E-state index contributed by atoms with van der Waals surface area (Å²) in [7, 11) is 0. The van der Waals surface area contributed by atoms with E-state index in [4.69, 9.17) is 28.2 Å². The zero-order chi connectivity index (χ0) is 30.8. The second-order valence-electron chi connectivity index (χ2n) is 11.5. The molecule has 0 saturated heterocycles. The molecule has 0 aliphatic carbocycles. The Morgan fingerprint density at radius 3 is 1.73 bits per heavy atom. The Morgan fingerprint density at radius 2 is 1.16 bits per heavy atom. The topological polar surface area (TPSA) is 17.3 Å². The molecule has 0 saturated carbocycles. The van der Waals surface area contributed by atoms with Gasteiger partial charge in [-0.3, -0.25) is 4.99 Å². The summed E-state index contributed by atoms with van der Waals surface area (Å²) in [6.07, 6.45) is 1.72. The van der Waals surface area contributed by atoms with Crippen molar-refractivity contribution >= 4 is 52.3 Å². The van der Waals surface area contributed by atoms with Crippen molar-refractivity contribution in [2.45, 2.75) is 19.8 Å². The first-order valence-corrected chi connectivity index (χ1v) is 16.0. The second kappa shape index (κ2) is 12.8. The van der Waals surface area contributed by atoms with Gasteiger partial charge in [-0.05, 0) is 72.9 Å². The Balaban J connectivity index is 1.52. The van der Waals surface area contributed by atoms with Gasteiger partial charge in [0.05, 0.1) is 5.70 Å². The molecule has 0 radical (unpaired) electrons. The summed E-state index contributed by atoms with van der Waals surface area (Å²) in [5.41, 5.74) is 12.6. The SMILES string of the molecule is Cc1ccc(/C(=C2\CCC(c3ccc(Cl)cc3)=N2)c2ccc(-c3ccc(Cl)cc3)n2B(c2ccccc2)c2ccccc2)cc1. The van der Waals surface area contributed by atoms with Gasteiger partial charge in [-0.25, -0.2) is 0 Å². The maximum absolute atomic E-state index is 6.36. The smallest absolute Gasteiger partial charge is 0.328 e. The fraction of sp³-hybridized carbons (Fsp3) is 0.0750. The van der Waals surface area contributed by atoms with Crippen LogP contribution in [0.15, 0.2) is 156 Å². The van der Waals surface area contributed by atoms with Crippen LogP contribution in [-0.4, -0.2) is 17.0 Å². The van der Waals surface area contributed by atoms with Crippen LogP contribution in [0.4, 0.5) is 0 Å². The molecular formula is C40H31BCl2N2. The molecule has 1 aliphatic heterocycles. The first kappa shape index (κ1) is 29.2. The van der Waals surface area contributed by atoms with Gasteiger partial charge < -0.3 is 4.48 Å². The van der Waals surface area contributed by atoms with Gasteiger partial charge in [0.15, 0.2) is 0 Å². The van der Waals surface area contributed by atoms with E-state index in [1.807, 2.05) is 24.3 Å². The highest BCUT2D eigenvalue weighted by Crippen LogP contribution is 2.37. The van der Waals surface area contributed by atoms with Crippen molar-refractivity contribution < 1.29 is 0 Å². The normalized spacial score (nSPS) is 13.9. The summed E-state index contributed by atoms with van der Waals surface area (Å²) >= 11 is 12.6. The summed E-state index contributed by atoms with van der Waals surface area (Å²) in [5, 5.41) is 1.45. The third-order valence-corrected chi connectivity index (χ3v) is 8.98. The number of hydrogen-bond donors (Lipinski definition) is 0. The number of aryl methyl sites for hydroxylation is 1. The number of nitrogens with zero attached hydrogens (tertiary/aromatic N) is 2. The van der Waals surface area contributed by atoms with Crippen molar-refractivity contribution in [1.29, 1.82) is 0 Å². The minimum Gasteiger partial charge on any atom is -0.376 e. The van der Waals surface area contributed by atoms with Crippen LogP contribution in [0.5, 0.6) is 0 Å². The number of aromatic nitrogens is 1. The van der Waals surface area contributed by atoms with Gasteiger partial charge in [0, 0.05) is 32.7 Å². The van der Waals surface area contributed by atoms with Crippen molar-refractivity contribution in [3.8, 4) is 11.3 Å². The lowest BCUT2D eigenvalue weighted by Gasteiger charge is -2.25. The first-order chi connectivity index (χ1) is 22.0. The molecule has 0 unspecified atom stereocenters. The molecule has 0 amide bonds. The number of allylic oxidation sites excluding steroid dienone is 1. The number of benzene rings is 5. The lowest BCUT2D eigenvalue weighted by atomic mass is 9.50. The molecule has 6 aromatic rings. The minimum atomic E-state index is -0.0785. The minimum absolute atomic E-state index is 0.0785. The largest absolute Gasteiger partial charge is 0.376 e. The maximum atomic E-state index is 6.36. The van der Waals surface area contributed by atoms with E-state index in [9.17, 15) is 0 Å². The fourth-order valence-corrected chi connectivity index (χ4v) is 6.53. The van der Waals surface area contributed by atoms with Crippen LogP contribution >= 0.6 is 23.2 Å². The Morgan fingerprint density at radius 1 is 0.600 bits per heavy atom. The van der Waals surface area contributed by atoms with Gasteiger partial charge in [-0.15, -0.1) is 0 Å². The second-order valence-corrected chi connectivity index (χ2v) is 12.3. The fourth-order valence-electron chi connectivity index (χ4n) is 6.27. The molecule has 2 nitrogen and oxygen atoms in total. The third-order valence-electron chi connectivity index (χ3n) is 8.48. The van der Waals surface area contributed by atoms with Crippen molar-refractivity contribution in [3.63, 3.8) is 0 Å². The summed E-state index contributed by atoms with van der Waals surface area (Å²) in [5.74, 6) is 0. The van der Waals surface area contributed by atoms with E-state index in [0.29, 0.717) is 0 Å². The molecule has 1 aromatic heterocycles. The van der Waals surface area contributed by atoms with Crippen LogP contribution in [-0.2, 0) is 0 Å². The zero-order valence-electron chi connectivity index (χ0n) is 25.0. The maximum Gasteiger partial charge on any atom is 0.328 e. The van der Waals surface area contributed by atoms with Gasteiger partial charge in [-0.1, -0.05) is 149 Å². The summed E-state index contributed by atoms with van der Waals surface area (Å²) in [6.45, 7) is 2.05. The van der Waals surface area contributed by atoms with Crippen LogP contribution in [0.1, 0.15) is 35.2 Å². The lowest BCUT2D eigenvalue weighted by molar-refractivity contribution is 1.06. The van der Waals surface area contributed by atoms with E-state index in [2.05, 4.69) is 133 Å². The molecule has 1 aliphatic rings.